The second-order valence-corrected chi connectivity index (χ2v) is 5.84. The number of halogens is 1. The van der Waals surface area contributed by atoms with Gasteiger partial charge in [0.25, 0.3) is 5.91 Å². The van der Waals surface area contributed by atoms with Crippen LogP contribution in [-0.4, -0.2) is 23.5 Å². The number of hydrogen-bond donors (Lipinski definition) is 3. The molecule has 116 valence electrons. The van der Waals surface area contributed by atoms with E-state index in [1.54, 1.807) is 18.2 Å². The van der Waals surface area contributed by atoms with E-state index in [9.17, 15) is 9.59 Å². The zero-order valence-corrected chi connectivity index (χ0v) is 13.6. The minimum Gasteiger partial charge on any atom is -0.481 e. The molecule has 0 radical (unpaired) electrons. The lowest BCUT2D eigenvalue weighted by atomic mass is 9.96. The molecule has 5 nitrogen and oxygen atoms in total. The highest BCUT2D eigenvalue weighted by molar-refractivity contribution is 9.10. The second-order valence-electron chi connectivity index (χ2n) is 4.99. The van der Waals surface area contributed by atoms with Gasteiger partial charge in [0.05, 0.1) is 0 Å². The van der Waals surface area contributed by atoms with E-state index in [2.05, 4.69) is 21.2 Å². The Kier molecular flexibility index (Phi) is 7.22. The molecule has 1 atom stereocenters. The van der Waals surface area contributed by atoms with Gasteiger partial charge in [0.2, 0.25) is 0 Å². The molecule has 1 amide bonds. The van der Waals surface area contributed by atoms with E-state index in [1.807, 2.05) is 6.92 Å². The quantitative estimate of drug-likeness (QED) is 0.624. The maximum absolute atomic E-state index is 12.0. The van der Waals surface area contributed by atoms with Gasteiger partial charge in [-0.15, -0.1) is 0 Å². The van der Waals surface area contributed by atoms with Crippen LogP contribution in [0.15, 0.2) is 22.7 Å². The first-order chi connectivity index (χ1) is 9.93. The van der Waals surface area contributed by atoms with Crippen molar-refractivity contribution in [2.45, 2.75) is 32.6 Å². The van der Waals surface area contributed by atoms with Crippen molar-refractivity contribution in [1.29, 1.82) is 0 Å². The Hall–Kier alpha value is -1.56. The first kappa shape index (κ1) is 17.5. The summed E-state index contributed by atoms with van der Waals surface area (Å²) in [6.45, 7) is 2.57. The number of aliphatic carboxylic acids is 1. The highest BCUT2D eigenvalue weighted by atomic mass is 79.9. The number of nitrogen functional groups attached to an aromatic ring is 1. The minimum absolute atomic E-state index is 0.165. The largest absolute Gasteiger partial charge is 0.481 e. The fourth-order valence-corrected chi connectivity index (χ4v) is 2.30. The number of carboxylic acid groups (broad SMARTS) is 1. The summed E-state index contributed by atoms with van der Waals surface area (Å²) in [5.74, 6) is -0.624. The average molecular weight is 357 g/mol. The summed E-state index contributed by atoms with van der Waals surface area (Å²) in [7, 11) is 0. The first-order valence-corrected chi connectivity index (χ1v) is 7.78. The van der Waals surface area contributed by atoms with E-state index >= 15 is 0 Å². The van der Waals surface area contributed by atoms with E-state index in [4.69, 9.17) is 10.8 Å². The predicted octanol–water partition coefficient (Wildman–Crippen LogP) is 3.04. The van der Waals surface area contributed by atoms with E-state index < -0.39 is 5.97 Å². The maximum Gasteiger partial charge on any atom is 0.303 e. The standard InChI is InChI=1S/C15H21BrN2O3/c1-2-10(3-6-14(19)20)7-8-18-15(21)11-4-5-12(16)13(17)9-11/h4-5,9-10H,2-3,6-8,17H2,1H3,(H,18,21)(H,19,20). The van der Waals surface area contributed by atoms with Gasteiger partial charge in [-0.3, -0.25) is 9.59 Å². The third kappa shape index (κ3) is 6.16. The molecule has 0 saturated heterocycles. The van der Waals surface area contributed by atoms with Gasteiger partial charge in [-0.2, -0.15) is 0 Å². The Morgan fingerprint density at radius 3 is 2.67 bits per heavy atom. The van der Waals surface area contributed by atoms with Crippen LogP contribution in [0.1, 0.15) is 43.0 Å². The zero-order chi connectivity index (χ0) is 15.8. The van der Waals surface area contributed by atoms with E-state index in [-0.39, 0.29) is 12.3 Å². The topological polar surface area (TPSA) is 92.4 Å². The number of anilines is 1. The average Bonchev–Trinajstić information content (AvgIpc) is 2.45. The molecule has 0 fully saturated rings. The monoisotopic (exact) mass is 356 g/mol. The van der Waals surface area contributed by atoms with Gasteiger partial charge in [0, 0.05) is 28.7 Å². The van der Waals surface area contributed by atoms with Crippen molar-refractivity contribution in [3.63, 3.8) is 0 Å². The van der Waals surface area contributed by atoms with E-state index in [0.717, 1.165) is 17.3 Å². The Balaban J connectivity index is 2.41. The highest BCUT2D eigenvalue weighted by Crippen LogP contribution is 2.20. The van der Waals surface area contributed by atoms with Crippen molar-refractivity contribution in [2.75, 3.05) is 12.3 Å². The van der Waals surface area contributed by atoms with Gasteiger partial charge in [-0.25, -0.2) is 0 Å². The van der Waals surface area contributed by atoms with Gasteiger partial charge < -0.3 is 16.2 Å². The van der Waals surface area contributed by atoms with Crippen molar-refractivity contribution in [3.8, 4) is 0 Å². The molecule has 1 unspecified atom stereocenters. The molecule has 6 heteroatoms. The lowest BCUT2D eigenvalue weighted by Gasteiger charge is -2.14. The van der Waals surface area contributed by atoms with Crippen LogP contribution in [0.2, 0.25) is 0 Å². The molecule has 0 aliphatic carbocycles. The molecular weight excluding hydrogens is 336 g/mol. The molecule has 0 aliphatic heterocycles. The summed E-state index contributed by atoms with van der Waals surface area (Å²) in [5.41, 5.74) is 6.79. The van der Waals surface area contributed by atoms with Crippen LogP contribution < -0.4 is 11.1 Å². The third-order valence-corrected chi connectivity index (χ3v) is 4.16. The smallest absolute Gasteiger partial charge is 0.303 e. The normalized spacial score (nSPS) is 11.9. The summed E-state index contributed by atoms with van der Waals surface area (Å²) >= 11 is 3.28. The molecule has 0 heterocycles. The summed E-state index contributed by atoms with van der Waals surface area (Å²) in [6, 6.07) is 5.07. The Morgan fingerprint density at radius 1 is 1.38 bits per heavy atom. The molecule has 4 N–H and O–H groups in total. The number of nitrogens with one attached hydrogen (secondary N) is 1. The number of carbonyl (C=O) groups is 2. The Morgan fingerprint density at radius 2 is 2.10 bits per heavy atom. The van der Waals surface area contributed by atoms with Crippen molar-refractivity contribution < 1.29 is 14.7 Å². The van der Waals surface area contributed by atoms with E-state index in [1.165, 1.54) is 0 Å². The number of benzene rings is 1. The molecule has 1 aromatic rings. The van der Waals surface area contributed by atoms with Crippen LogP contribution in [0.4, 0.5) is 5.69 Å². The van der Waals surface area contributed by atoms with Crippen LogP contribution in [0.5, 0.6) is 0 Å². The molecule has 0 spiro atoms. The van der Waals surface area contributed by atoms with Gasteiger partial charge in [-0.1, -0.05) is 13.3 Å². The maximum atomic E-state index is 12.0. The van der Waals surface area contributed by atoms with Crippen molar-refractivity contribution in [1.82, 2.24) is 5.32 Å². The number of rotatable bonds is 8. The van der Waals surface area contributed by atoms with Crippen molar-refractivity contribution in [3.05, 3.63) is 28.2 Å². The molecular formula is C15H21BrN2O3. The van der Waals surface area contributed by atoms with Crippen molar-refractivity contribution in [2.24, 2.45) is 5.92 Å². The lowest BCUT2D eigenvalue weighted by Crippen LogP contribution is -2.26. The predicted molar refractivity (Wildman–Crippen MR) is 86.2 cm³/mol. The minimum atomic E-state index is -0.775. The highest BCUT2D eigenvalue weighted by Gasteiger charge is 2.11. The Labute approximate surface area is 133 Å². The van der Waals surface area contributed by atoms with Crippen LogP contribution in [-0.2, 0) is 4.79 Å². The molecule has 0 bridgehead atoms. The summed E-state index contributed by atoms with van der Waals surface area (Å²) in [5, 5.41) is 11.5. The van der Waals surface area contributed by atoms with Gasteiger partial charge >= 0.3 is 5.97 Å². The molecule has 1 aromatic carbocycles. The zero-order valence-electron chi connectivity index (χ0n) is 12.1. The SMILES string of the molecule is CCC(CCNC(=O)c1ccc(Br)c(N)c1)CCC(=O)O. The van der Waals surface area contributed by atoms with Crippen LogP contribution >= 0.6 is 15.9 Å². The number of carbonyl (C=O) groups excluding carboxylic acids is 1. The summed E-state index contributed by atoms with van der Waals surface area (Å²) in [4.78, 5) is 22.5. The lowest BCUT2D eigenvalue weighted by molar-refractivity contribution is -0.137. The number of amides is 1. The molecule has 0 saturated carbocycles. The molecule has 1 rings (SSSR count). The molecule has 21 heavy (non-hydrogen) atoms. The molecule has 0 aromatic heterocycles. The van der Waals surface area contributed by atoms with Gasteiger partial charge in [-0.05, 0) is 52.9 Å². The second kappa shape index (κ2) is 8.67. The number of hydrogen-bond acceptors (Lipinski definition) is 3. The van der Waals surface area contributed by atoms with E-state index in [0.29, 0.717) is 30.1 Å². The van der Waals surface area contributed by atoms with Crippen LogP contribution in [0.25, 0.3) is 0 Å². The van der Waals surface area contributed by atoms with Crippen LogP contribution in [0, 0.1) is 5.92 Å². The Bertz CT molecular complexity index is 506. The number of carboxylic acids is 1. The number of nitrogens with two attached hydrogens (primary N) is 1. The van der Waals surface area contributed by atoms with Gasteiger partial charge in [0.1, 0.15) is 0 Å². The van der Waals surface area contributed by atoms with Crippen molar-refractivity contribution >= 4 is 33.5 Å². The van der Waals surface area contributed by atoms with Gasteiger partial charge in [0.15, 0.2) is 0 Å². The fraction of sp³-hybridized carbons (Fsp3) is 0.467. The van der Waals surface area contributed by atoms with Crippen LogP contribution in [0.3, 0.4) is 0 Å². The summed E-state index contributed by atoms with van der Waals surface area (Å²) < 4.78 is 0.763. The first-order valence-electron chi connectivity index (χ1n) is 6.99. The third-order valence-electron chi connectivity index (χ3n) is 3.44. The summed E-state index contributed by atoms with van der Waals surface area (Å²) in [6.07, 6.45) is 2.51. The molecule has 0 aliphatic rings. The fourth-order valence-electron chi connectivity index (χ4n) is 2.06.